The van der Waals surface area contributed by atoms with Gasteiger partial charge in [0.1, 0.15) is 6.61 Å². The summed E-state index contributed by atoms with van der Waals surface area (Å²) < 4.78 is 5.36. The van der Waals surface area contributed by atoms with E-state index >= 15 is 0 Å². The highest BCUT2D eigenvalue weighted by Gasteiger charge is 2.16. The molecule has 4 heteroatoms. The largest absolute Gasteiger partial charge is 0.399 e. The standard InChI is InChI=1S/C14H20N2O2/c15-12-5-2-6-13(9-12)16-14(17)10-18-8-7-11-3-1-4-11/h2,5-6,9,11H,1,3-4,7-8,10,15H2,(H,16,17). The van der Waals surface area contributed by atoms with Crippen LogP contribution in [0.4, 0.5) is 11.4 Å². The van der Waals surface area contributed by atoms with Crippen molar-refractivity contribution in [1.82, 2.24) is 0 Å². The minimum atomic E-state index is -0.130. The first kappa shape index (κ1) is 12.9. The van der Waals surface area contributed by atoms with Crippen molar-refractivity contribution in [1.29, 1.82) is 0 Å². The van der Waals surface area contributed by atoms with Gasteiger partial charge in [0.15, 0.2) is 0 Å². The number of hydrogen-bond donors (Lipinski definition) is 2. The van der Waals surface area contributed by atoms with E-state index in [1.807, 2.05) is 12.1 Å². The van der Waals surface area contributed by atoms with Crippen LogP contribution in [0, 0.1) is 5.92 Å². The fraction of sp³-hybridized carbons (Fsp3) is 0.500. The molecule has 0 unspecified atom stereocenters. The topological polar surface area (TPSA) is 64.3 Å². The lowest BCUT2D eigenvalue weighted by Gasteiger charge is -2.24. The Morgan fingerprint density at radius 2 is 2.28 bits per heavy atom. The van der Waals surface area contributed by atoms with Crippen LogP contribution < -0.4 is 11.1 Å². The molecule has 1 saturated carbocycles. The van der Waals surface area contributed by atoms with Crippen molar-refractivity contribution >= 4 is 17.3 Å². The summed E-state index contributed by atoms with van der Waals surface area (Å²) in [6.45, 7) is 0.788. The number of benzene rings is 1. The monoisotopic (exact) mass is 248 g/mol. The van der Waals surface area contributed by atoms with E-state index in [-0.39, 0.29) is 12.5 Å². The van der Waals surface area contributed by atoms with Gasteiger partial charge in [-0.05, 0) is 30.5 Å². The van der Waals surface area contributed by atoms with Crippen LogP contribution in [0.3, 0.4) is 0 Å². The molecule has 0 radical (unpaired) electrons. The highest BCUT2D eigenvalue weighted by molar-refractivity contribution is 5.92. The Bertz CT molecular complexity index is 403. The number of anilines is 2. The molecule has 1 fully saturated rings. The normalized spacial score (nSPS) is 15.1. The Labute approximate surface area is 108 Å². The van der Waals surface area contributed by atoms with E-state index in [0.29, 0.717) is 18.0 Å². The molecular weight excluding hydrogens is 228 g/mol. The maximum absolute atomic E-state index is 11.6. The molecule has 1 aliphatic carbocycles. The van der Waals surface area contributed by atoms with Gasteiger partial charge in [0.2, 0.25) is 5.91 Å². The molecule has 0 heterocycles. The summed E-state index contributed by atoms with van der Waals surface area (Å²) in [6, 6.07) is 7.13. The summed E-state index contributed by atoms with van der Waals surface area (Å²) in [6.07, 6.45) is 5.06. The smallest absolute Gasteiger partial charge is 0.250 e. The number of nitrogens with two attached hydrogens (primary N) is 1. The van der Waals surface area contributed by atoms with E-state index in [9.17, 15) is 4.79 Å². The number of nitrogens with one attached hydrogen (secondary N) is 1. The van der Waals surface area contributed by atoms with Crippen molar-refractivity contribution in [3.8, 4) is 0 Å². The van der Waals surface area contributed by atoms with Crippen LogP contribution in [-0.2, 0) is 9.53 Å². The Hall–Kier alpha value is -1.55. The van der Waals surface area contributed by atoms with Crippen LogP contribution in [0.25, 0.3) is 0 Å². The lowest BCUT2D eigenvalue weighted by atomic mass is 9.83. The molecule has 4 nitrogen and oxygen atoms in total. The van der Waals surface area contributed by atoms with E-state index in [4.69, 9.17) is 10.5 Å². The molecule has 2 rings (SSSR count). The van der Waals surface area contributed by atoms with E-state index in [1.54, 1.807) is 12.1 Å². The Morgan fingerprint density at radius 1 is 1.44 bits per heavy atom. The van der Waals surface area contributed by atoms with Crippen LogP contribution in [-0.4, -0.2) is 19.1 Å². The molecule has 18 heavy (non-hydrogen) atoms. The number of rotatable bonds is 6. The minimum absolute atomic E-state index is 0.113. The molecule has 1 aromatic carbocycles. The number of amides is 1. The van der Waals surface area contributed by atoms with Crippen molar-refractivity contribution in [2.75, 3.05) is 24.3 Å². The van der Waals surface area contributed by atoms with Gasteiger partial charge in [-0.1, -0.05) is 25.3 Å². The van der Waals surface area contributed by atoms with Gasteiger partial charge in [-0.15, -0.1) is 0 Å². The van der Waals surface area contributed by atoms with E-state index in [0.717, 1.165) is 12.3 Å². The highest BCUT2D eigenvalue weighted by atomic mass is 16.5. The summed E-state index contributed by atoms with van der Waals surface area (Å²) in [5.41, 5.74) is 6.98. The average molecular weight is 248 g/mol. The third kappa shape index (κ3) is 4.04. The number of carbonyl (C=O) groups excluding carboxylic acids is 1. The van der Waals surface area contributed by atoms with Crippen molar-refractivity contribution in [3.05, 3.63) is 24.3 Å². The molecule has 3 N–H and O–H groups in total. The summed E-state index contributed by atoms with van der Waals surface area (Å²) in [5, 5.41) is 2.75. The molecule has 1 amide bonds. The second kappa shape index (κ2) is 6.40. The van der Waals surface area contributed by atoms with Gasteiger partial charge in [-0.3, -0.25) is 4.79 Å². The second-order valence-electron chi connectivity index (χ2n) is 4.81. The summed E-state index contributed by atoms with van der Waals surface area (Å²) in [4.78, 5) is 11.6. The molecule has 0 saturated heterocycles. The first-order valence-corrected chi connectivity index (χ1v) is 6.47. The molecule has 1 aromatic rings. The van der Waals surface area contributed by atoms with E-state index in [1.165, 1.54) is 19.3 Å². The molecule has 0 spiro atoms. The van der Waals surface area contributed by atoms with Crippen molar-refractivity contribution in [3.63, 3.8) is 0 Å². The SMILES string of the molecule is Nc1cccc(NC(=O)COCCC2CCC2)c1. The van der Waals surface area contributed by atoms with Gasteiger partial charge in [-0.25, -0.2) is 0 Å². The first-order chi connectivity index (χ1) is 8.74. The minimum Gasteiger partial charge on any atom is -0.399 e. The van der Waals surface area contributed by atoms with Crippen molar-refractivity contribution < 1.29 is 9.53 Å². The Kier molecular flexibility index (Phi) is 4.59. The van der Waals surface area contributed by atoms with Gasteiger partial charge < -0.3 is 15.8 Å². The van der Waals surface area contributed by atoms with Crippen LogP contribution in [0.5, 0.6) is 0 Å². The van der Waals surface area contributed by atoms with Crippen molar-refractivity contribution in [2.24, 2.45) is 5.92 Å². The second-order valence-corrected chi connectivity index (χ2v) is 4.81. The number of nitrogen functional groups attached to an aromatic ring is 1. The third-order valence-electron chi connectivity index (χ3n) is 3.30. The molecule has 0 bridgehead atoms. The Morgan fingerprint density at radius 3 is 2.94 bits per heavy atom. The zero-order chi connectivity index (χ0) is 12.8. The summed E-state index contributed by atoms with van der Waals surface area (Å²) >= 11 is 0. The van der Waals surface area contributed by atoms with Crippen LogP contribution in [0.2, 0.25) is 0 Å². The van der Waals surface area contributed by atoms with Crippen LogP contribution >= 0.6 is 0 Å². The summed E-state index contributed by atoms with van der Waals surface area (Å²) in [7, 11) is 0. The predicted molar refractivity (Wildman–Crippen MR) is 72.3 cm³/mol. The van der Waals surface area contributed by atoms with Crippen LogP contribution in [0.1, 0.15) is 25.7 Å². The maximum Gasteiger partial charge on any atom is 0.250 e. The lowest BCUT2D eigenvalue weighted by molar-refractivity contribution is -0.120. The number of hydrogen-bond acceptors (Lipinski definition) is 3. The average Bonchev–Trinajstić information content (AvgIpc) is 2.26. The Balaban J connectivity index is 1.62. The lowest BCUT2D eigenvalue weighted by Crippen LogP contribution is -2.20. The zero-order valence-electron chi connectivity index (χ0n) is 10.5. The molecule has 98 valence electrons. The van der Waals surface area contributed by atoms with Gasteiger partial charge in [0.25, 0.3) is 0 Å². The zero-order valence-corrected chi connectivity index (χ0v) is 10.5. The molecular formula is C14H20N2O2. The summed E-state index contributed by atoms with van der Waals surface area (Å²) in [5.74, 6) is 0.691. The molecule has 0 atom stereocenters. The van der Waals surface area contributed by atoms with Gasteiger partial charge in [-0.2, -0.15) is 0 Å². The predicted octanol–water partition coefficient (Wildman–Crippen LogP) is 2.41. The number of carbonyl (C=O) groups is 1. The highest BCUT2D eigenvalue weighted by Crippen LogP contribution is 2.29. The van der Waals surface area contributed by atoms with E-state index in [2.05, 4.69) is 5.32 Å². The third-order valence-corrected chi connectivity index (χ3v) is 3.30. The maximum atomic E-state index is 11.6. The van der Waals surface area contributed by atoms with Crippen molar-refractivity contribution in [2.45, 2.75) is 25.7 Å². The van der Waals surface area contributed by atoms with Gasteiger partial charge in [0.05, 0.1) is 0 Å². The fourth-order valence-corrected chi connectivity index (χ4v) is 2.01. The van der Waals surface area contributed by atoms with Gasteiger partial charge >= 0.3 is 0 Å². The quantitative estimate of drug-likeness (QED) is 0.600. The molecule has 1 aliphatic rings. The number of ether oxygens (including phenoxy) is 1. The van der Waals surface area contributed by atoms with Crippen LogP contribution in [0.15, 0.2) is 24.3 Å². The fourth-order valence-electron chi connectivity index (χ4n) is 2.01. The molecule has 0 aromatic heterocycles. The van der Waals surface area contributed by atoms with E-state index < -0.39 is 0 Å². The molecule has 0 aliphatic heterocycles. The first-order valence-electron chi connectivity index (χ1n) is 6.47. The van der Waals surface area contributed by atoms with Gasteiger partial charge in [0, 0.05) is 18.0 Å².